The minimum Gasteiger partial charge on any atom is -0.445 e. The molecule has 2 unspecified atom stereocenters. The van der Waals surface area contributed by atoms with Crippen LogP contribution in [0.3, 0.4) is 0 Å². The second kappa shape index (κ2) is 9.31. The molecule has 0 aliphatic carbocycles. The van der Waals surface area contributed by atoms with Gasteiger partial charge in [-0.25, -0.2) is 14.8 Å². The van der Waals surface area contributed by atoms with E-state index in [1.54, 1.807) is 0 Å². The first-order valence-electron chi connectivity index (χ1n) is 7.34. The van der Waals surface area contributed by atoms with Gasteiger partial charge >= 0.3 is 6.09 Å². The molecular formula is C16H18BrN3O4. The van der Waals surface area contributed by atoms with Crippen LogP contribution in [0, 0.1) is 0 Å². The fourth-order valence-electron chi connectivity index (χ4n) is 1.90. The van der Waals surface area contributed by atoms with Crippen molar-refractivity contribution in [3.63, 3.8) is 0 Å². The fraction of sp³-hybridized carbons (Fsp3) is 0.312. The van der Waals surface area contributed by atoms with Crippen LogP contribution in [0.5, 0.6) is 0 Å². The van der Waals surface area contributed by atoms with Crippen molar-refractivity contribution in [2.75, 3.05) is 6.54 Å². The number of carbonyl (C=O) groups is 1. The molecule has 0 fully saturated rings. The smallest absolute Gasteiger partial charge is 0.407 e. The molecule has 2 atom stereocenters. The van der Waals surface area contributed by atoms with Gasteiger partial charge in [0, 0.05) is 18.9 Å². The highest BCUT2D eigenvalue weighted by Gasteiger charge is 2.20. The standard InChI is InChI=1S/C16H18BrN3O4/c17-12-8-19-15(20-9-12)14(22)13(21)6-7-18-16(23)24-10-11-4-2-1-3-5-11/h1-5,8-9,13-14,21-22H,6-7,10H2,(H,18,23). The summed E-state index contributed by atoms with van der Waals surface area (Å²) in [6.07, 6.45) is 0.206. The molecule has 0 radical (unpaired) electrons. The average molecular weight is 396 g/mol. The molecule has 7 nitrogen and oxygen atoms in total. The van der Waals surface area contributed by atoms with Crippen LogP contribution in [0.25, 0.3) is 0 Å². The molecule has 0 aliphatic rings. The molecule has 24 heavy (non-hydrogen) atoms. The number of carbonyl (C=O) groups excluding carboxylic acids is 1. The van der Waals surface area contributed by atoms with Crippen LogP contribution in [0.1, 0.15) is 23.9 Å². The van der Waals surface area contributed by atoms with Crippen LogP contribution in [-0.4, -0.2) is 38.9 Å². The van der Waals surface area contributed by atoms with Gasteiger partial charge in [-0.05, 0) is 27.9 Å². The predicted octanol–water partition coefficient (Wildman–Crippen LogP) is 1.95. The molecule has 3 N–H and O–H groups in total. The summed E-state index contributed by atoms with van der Waals surface area (Å²) in [5, 5.41) is 22.4. The Morgan fingerprint density at radius 1 is 1.21 bits per heavy atom. The number of nitrogens with zero attached hydrogens (tertiary/aromatic N) is 2. The van der Waals surface area contributed by atoms with Gasteiger partial charge in [0.15, 0.2) is 5.82 Å². The molecule has 2 rings (SSSR count). The van der Waals surface area contributed by atoms with E-state index >= 15 is 0 Å². The number of benzene rings is 1. The van der Waals surface area contributed by atoms with Crippen LogP contribution < -0.4 is 5.32 Å². The lowest BCUT2D eigenvalue weighted by Gasteiger charge is -2.16. The Morgan fingerprint density at radius 2 is 1.88 bits per heavy atom. The van der Waals surface area contributed by atoms with Crippen molar-refractivity contribution >= 4 is 22.0 Å². The number of alkyl carbamates (subject to hydrolysis) is 1. The lowest BCUT2D eigenvalue weighted by Crippen LogP contribution is -2.30. The van der Waals surface area contributed by atoms with Gasteiger partial charge in [0.1, 0.15) is 12.7 Å². The first kappa shape index (κ1) is 18.3. The Hall–Kier alpha value is -2.03. The Balaban J connectivity index is 1.68. The third-order valence-corrected chi connectivity index (χ3v) is 3.60. The topological polar surface area (TPSA) is 105 Å². The van der Waals surface area contributed by atoms with Gasteiger partial charge in [0.05, 0.1) is 10.6 Å². The van der Waals surface area contributed by atoms with Gasteiger partial charge in [-0.15, -0.1) is 0 Å². The molecular weight excluding hydrogens is 378 g/mol. The maximum absolute atomic E-state index is 11.6. The fourth-order valence-corrected chi connectivity index (χ4v) is 2.11. The van der Waals surface area contributed by atoms with Gasteiger partial charge in [-0.1, -0.05) is 30.3 Å². The number of aliphatic hydroxyl groups is 2. The lowest BCUT2D eigenvalue weighted by molar-refractivity contribution is 0.00840. The van der Waals surface area contributed by atoms with Crippen LogP contribution in [0.4, 0.5) is 4.79 Å². The van der Waals surface area contributed by atoms with Gasteiger partial charge in [-0.3, -0.25) is 0 Å². The van der Waals surface area contributed by atoms with E-state index in [4.69, 9.17) is 4.74 Å². The van der Waals surface area contributed by atoms with Gasteiger partial charge < -0.3 is 20.3 Å². The van der Waals surface area contributed by atoms with Crippen molar-refractivity contribution in [3.8, 4) is 0 Å². The van der Waals surface area contributed by atoms with Crippen molar-refractivity contribution in [3.05, 3.63) is 58.6 Å². The molecule has 0 saturated carbocycles. The van der Waals surface area contributed by atoms with E-state index < -0.39 is 18.3 Å². The number of amides is 1. The molecule has 1 aromatic heterocycles. The van der Waals surface area contributed by atoms with E-state index in [1.165, 1.54) is 12.4 Å². The highest BCUT2D eigenvalue weighted by molar-refractivity contribution is 9.10. The molecule has 128 valence electrons. The predicted molar refractivity (Wildman–Crippen MR) is 89.9 cm³/mol. The van der Waals surface area contributed by atoms with Crippen LogP contribution in [0.15, 0.2) is 47.2 Å². The summed E-state index contributed by atoms with van der Waals surface area (Å²) in [6.45, 7) is 0.326. The van der Waals surface area contributed by atoms with Crippen molar-refractivity contribution in [2.45, 2.75) is 25.2 Å². The zero-order chi connectivity index (χ0) is 17.4. The number of ether oxygens (including phenoxy) is 1. The highest BCUT2D eigenvalue weighted by Crippen LogP contribution is 2.16. The molecule has 1 heterocycles. The second-order valence-electron chi connectivity index (χ2n) is 5.05. The third kappa shape index (κ3) is 5.88. The molecule has 1 aromatic carbocycles. The highest BCUT2D eigenvalue weighted by atomic mass is 79.9. The summed E-state index contributed by atoms with van der Waals surface area (Å²) in [7, 11) is 0. The lowest BCUT2D eigenvalue weighted by atomic mass is 10.1. The Morgan fingerprint density at radius 3 is 2.54 bits per heavy atom. The molecule has 0 saturated heterocycles. The summed E-state index contributed by atoms with van der Waals surface area (Å²) in [4.78, 5) is 19.4. The maximum atomic E-state index is 11.6. The van der Waals surface area contributed by atoms with E-state index in [9.17, 15) is 15.0 Å². The SMILES string of the molecule is O=C(NCCC(O)C(O)c1ncc(Br)cn1)OCc1ccccc1. The van der Waals surface area contributed by atoms with Crippen molar-refractivity contribution in [1.82, 2.24) is 15.3 Å². The van der Waals surface area contributed by atoms with E-state index in [-0.39, 0.29) is 25.4 Å². The van der Waals surface area contributed by atoms with E-state index in [2.05, 4.69) is 31.2 Å². The quantitative estimate of drug-likeness (QED) is 0.661. The minimum absolute atomic E-state index is 0.123. The molecule has 2 aromatic rings. The van der Waals surface area contributed by atoms with Gasteiger partial charge in [0.2, 0.25) is 0 Å². The minimum atomic E-state index is -1.22. The largest absolute Gasteiger partial charge is 0.445 e. The summed E-state index contributed by atoms with van der Waals surface area (Å²) in [5.74, 6) is 0.123. The average Bonchev–Trinajstić information content (AvgIpc) is 2.61. The summed E-state index contributed by atoms with van der Waals surface area (Å²) >= 11 is 3.19. The Bertz CT molecular complexity index is 640. The number of aliphatic hydroxyl groups excluding tert-OH is 2. The van der Waals surface area contributed by atoms with Gasteiger partial charge in [-0.2, -0.15) is 0 Å². The third-order valence-electron chi connectivity index (χ3n) is 3.19. The van der Waals surface area contributed by atoms with Crippen molar-refractivity contribution < 1.29 is 19.7 Å². The second-order valence-corrected chi connectivity index (χ2v) is 5.96. The Labute approximate surface area is 147 Å². The van der Waals surface area contributed by atoms with E-state index in [1.807, 2.05) is 30.3 Å². The molecule has 0 bridgehead atoms. The molecule has 0 aliphatic heterocycles. The van der Waals surface area contributed by atoms with Crippen LogP contribution in [0.2, 0.25) is 0 Å². The number of aromatic nitrogens is 2. The number of hydrogen-bond acceptors (Lipinski definition) is 6. The number of nitrogens with one attached hydrogen (secondary N) is 1. The van der Waals surface area contributed by atoms with Crippen LogP contribution >= 0.6 is 15.9 Å². The summed E-state index contributed by atoms with van der Waals surface area (Å²) in [5.41, 5.74) is 0.885. The number of hydrogen-bond donors (Lipinski definition) is 3. The number of halogens is 1. The zero-order valence-corrected chi connectivity index (χ0v) is 14.4. The van der Waals surface area contributed by atoms with E-state index in [0.717, 1.165) is 5.56 Å². The first-order valence-corrected chi connectivity index (χ1v) is 8.13. The Kier molecular flexibility index (Phi) is 7.10. The normalized spacial score (nSPS) is 13.1. The molecule has 0 spiro atoms. The monoisotopic (exact) mass is 395 g/mol. The van der Waals surface area contributed by atoms with E-state index in [0.29, 0.717) is 4.47 Å². The van der Waals surface area contributed by atoms with Gasteiger partial charge in [0.25, 0.3) is 0 Å². The maximum Gasteiger partial charge on any atom is 0.407 e. The number of rotatable bonds is 7. The zero-order valence-electron chi connectivity index (χ0n) is 12.8. The molecule has 1 amide bonds. The first-order chi connectivity index (χ1) is 11.6. The van der Waals surface area contributed by atoms with Crippen molar-refractivity contribution in [2.24, 2.45) is 0 Å². The molecule has 8 heteroatoms. The summed E-state index contributed by atoms with van der Waals surface area (Å²) < 4.78 is 5.72. The van der Waals surface area contributed by atoms with Crippen LogP contribution in [-0.2, 0) is 11.3 Å². The summed E-state index contributed by atoms with van der Waals surface area (Å²) in [6, 6.07) is 9.31. The van der Waals surface area contributed by atoms with Crippen molar-refractivity contribution in [1.29, 1.82) is 0 Å².